The number of hydrogen-bond acceptors (Lipinski definition) is 4. The summed E-state index contributed by atoms with van der Waals surface area (Å²) in [5, 5.41) is 0. The molecule has 4 rings (SSSR count). The SMILES string of the molecule is Cc1ccccc1C1=N/C(=C\c2ccc(OCc3ccccc3I)cc2)C(=O)O1. The van der Waals surface area contributed by atoms with Gasteiger partial charge in [0, 0.05) is 14.7 Å². The first-order chi connectivity index (χ1) is 14.1. The summed E-state index contributed by atoms with van der Waals surface area (Å²) in [6.45, 7) is 2.47. The maximum atomic E-state index is 12.2. The molecule has 0 N–H and O–H groups in total. The van der Waals surface area contributed by atoms with Crippen molar-refractivity contribution in [3.8, 4) is 5.75 Å². The molecule has 0 spiro atoms. The van der Waals surface area contributed by atoms with E-state index in [9.17, 15) is 4.79 Å². The van der Waals surface area contributed by atoms with Crippen LogP contribution in [0.25, 0.3) is 6.08 Å². The van der Waals surface area contributed by atoms with Crippen LogP contribution >= 0.6 is 22.6 Å². The third kappa shape index (κ3) is 4.56. The number of hydrogen-bond donors (Lipinski definition) is 0. The van der Waals surface area contributed by atoms with E-state index in [4.69, 9.17) is 9.47 Å². The summed E-state index contributed by atoms with van der Waals surface area (Å²) in [6, 6.07) is 23.4. The van der Waals surface area contributed by atoms with Gasteiger partial charge in [0.25, 0.3) is 0 Å². The first-order valence-corrected chi connectivity index (χ1v) is 10.2. The zero-order valence-corrected chi connectivity index (χ0v) is 17.9. The molecule has 1 aliphatic rings. The third-order valence-corrected chi connectivity index (χ3v) is 5.58. The molecule has 0 unspecified atom stereocenters. The summed E-state index contributed by atoms with van der Waals surface area (Å²) < 4.78 is 12.4. The smallest absolute Gasteiger partial charge is 0.363 e. The average Bonchev–Trinajstić information content (AvgIpc) is 3.09. The van der Waals surface area contributed by atoms with E-state index in [2.05, 4.69) is 39.7 Å². The maximum absolute atomic E-state index is 12.2. The Morgan fingerprint density at radius 1 is 1.00 bits per heavy atom. The van der Waals surface area contributed by atoms with E-state index in [0.29, 0.717) is 12.5 Å². The van der Waals surface area contributed by atoms with E-state index in [-0.39, 0.29) is 5.70 Å². The van der Waals surface area contributed by atoms with E-state index in [1.807, 2.05) is 67.6 Å². The Bertz CT molecular complexity index is 1120. The zero-order valence-electron chi connectivity index (χ0n) is 15.8. The lowest BCUT2D eigenvalue weighted by Crippen LogP contribution is -2.06. The number of aliphatic imine (C=N–C) groups is 1. The summed E-state index contributed by atoms with van der Waals surface area (Å²) in [4.78, 5) is 16.6. The molecule has 0 aliphatic carbocycles. The second-order valence-corrected chi connectivity index (χ2v) is 7.76. The summed E-state index contributed by atoms with van der Waals surface area (Å²) in [5.41, 5.74) is 4.12. The molecule has 1 heterocycles. The van der Waals surface area contributed by atoms with Gasteiger partial charge in [-0.3, -0.25) is 0 Å². The van der Waals surface area contributed by atoms with Gasteiger partial charge in [0.1, 0.15) is 12.4 Å². The highest BCUT2D eigenvalue weighted by Crippen LogP contribution is 2.22. The third-order valence-electron chi connectivity index (χ3n) is 4.53. The van der Waals surface area contributed by atoms with Gasteiger partial charge in [-0.05, 0) is 71.0 Å². The summed E-state index contributed by atoms with van der Waals surface area (Å²) in [7, 11) is 0. The monoisotopic (exact) mass is 495 g/mol. The normalized spacial score (nSPS) is 14.6. The van der Waals surface area contributed by atoms with E-state index in [0.717, 1.165) is 28.0 Å². The van der Waals surface area contributed by atoms with Crippen LogP contribution in [0.15, 0.2) is 83.5 Å². The molecule has 3 aromatic rings. The number of halogens is 1. The van der Waals surface area contributed by atoms with Crippen LogP contribution in [0.5, 0.6) is 5.75 Å². The largest absolute Gasteiger partial charge is 0.489 e. The molecule has 0 saturated carbocycles. The highest BCUT2D eigenvalue weighted by Gasteiger charge is 2.24. The van der Waals surface area contributed by atoms with Crippen molar-refractivity contribution in [1.29, 1.82) is 0 Å². The van der Waals surface area contributed by atoms with Crippen molar-refractivity contribution in [3.05, 3.63) is 104 Å². The van der Waals surface area contributed by atoms with E-state index >= 15 is 0 Å². The summed E-state index contributed by atoms with van der Waals surface area (Å²) in [6.07, 6.45) is 1.72. The number of aryl methyl sites for hydroxylation is 1. The van der Waals surface area contributed by atoms with E-state index < -0.39 is 5.97 Å². The Hall–Kier alpha value is -2.93. The minimum absolute atomic E-state index is 0.288. The van der Waals surface area contributed by atoms with Crippen molar-refractivity contribution in [3.63, 3.8) is 0 Å². The predicted octanol–water partition coefficient (Wildman–Crippen LogP) is 5.52. The first kappa shape index (κ1) is 19.4. The van der Waals surface area contributed by atoms with Gasteiger partial charge in [-0.1, -0.05) is 48.5 Å². The van der Waals surface area contributed by atoms with Crippen LogP contribution in [0.2, 0.25) is 0 Å². The number of nitrogens with zero attached hydrogens (tertiary/aromatic N) is 1. The molecule has 144 valence electrons. The van der Waals surface area contributed by atoms with Gasteiger partial charge in [-0.2, -0.15) is 0 Å². The fourth-order valence-corrected chi connectivity index (χ4v) is 3.47. The molecule has 4 nitrogen and oxygen atoms in total. The van der Waals surface area contributed by atoms with Crippen molar-refractivity contribution in [2.75, 3.05) is 0 Å². The molecule has 0 saturated heterocycles. The fraction of sp³-hybridized carbons (Fsp3) is 0.0833. The molecule has 0 radical (unpaired) electrons. The van der Waals surface area contributed by atoms with Gasteiger partial charge in [0.2, 0.25) is 5.90 Å². The van der Waals surface area contributed by atoms with Gasteiger partial charge < -0.3 is 9.47 Å². The standard InChI is InChI=1S/C24H18INO3/c1-16-6-2-4-8-20(16)23-26-22(24(27)29-23)14-17-10-12-19(13-11-17)28-15-18-7-3-5-9-21(18)25/h2-14H,15H2,1H3/b22-14-. The lowest BCUT2D eigenvalue weighted by molar-refractivity contribution is -0.129. The number of ether oxygens (including phenoxy) is 2. The fourth-order valence-electron chi connectivity index (χ4n) is 2.93. The lowest BCUT2D eigenvalue weighted by Gasteiger charge is -2.08. The number of esters is 1. The minimum Gasteiger partial charge on any atom is -0.489 e. The van der Waals surface area contributed by atoms with Gasteiger partial charge in [-0.15, -0.1) is 0 Å². The van der Waals surface area contributed by atoms with Gasteiger partial charge >= 0.3 is 5.97 Å². The van der Waals surface area contributed by atoms with Gasteiger partial charge in [0.15, 0.2) is 5.70 Å². The summed E-state index contributed by atoms with van der Waals surface area (Å²) in [5.74, 6) is 0.670. The number of rotatable bonds is 5. The van der Waals surface area contributed by atoms with Crippen molar-refractivity contribution in [1.82, 2.24) is 0 Å². The first-order valence-electron chi connectivity index (χ1n) is 9.15. The molecule has 0 bridgehead atoms. The highest BCUT2D eigenvalue weighted by atomic mass is 127. The lowest BCUT2D eigenvalue weighted by atomic mass is 10.1. The van der Waals surface area contributed by atoms with Crippen LogP contribution in [-0.2, 0) is 16.1 Å². The Kier molecular flexibility index (Phi) is 5.76. The van der Waals surface area contributed by atoms with Crippen LogP contribution in [0.1, 0.15) is 22.3 Å². The molecule has 0 atom stereocenters. The Morgan fingerprint density at radius 2 is 1.72 bits per heavy atom. The van der Waals surface area contributed by atoms with Crippen molar-refractivity contribution >= 4 is 40.5 Å². The second-order valence-electron chi connectivity index (χ2n) is 6.60. The predicted molar refractivity (Wildman–Crippen MR) is 122 cm³/mol. The Balaban J connectivity index is 1.48. The van der Waals surface area contributed by atoms with Crippen LogP contribution in [0, 0.1) is 10.5 Å². The number of cyclic esters (lactones) is 1. The van der Waals surface area contributed by atoms with Crippen molar-refractivity contribution in [2.24, 2.45) is 4.99 Å². The molecule has 3 aromatic carbocycles. The van der Waals surface area contributed by atoms with Gasteiger partial charge in [-0.25, -0.2) is 9.79 Å². The summed E-state index contributed by atoms with van der Waals surface area (Å²) >= 11 is 2.30. The molecule has 29 heavy (non-hydrogen) atoms. The molecule has 0 fully saturated rings. The van der Waals surface area contributed by atoms with Crippen molar-refractivity contribution in [2.45, 2.75) is 13.5 Å². The molecular weight excluding hydrogens is 477 g/mol. The average molecular weight is 495 g/mol. The van der Waals surface area contributed by atoms with Crippen molar-refractivity contribution < 1.29 is 14.3 Å². The maximum Gasteiger partial charge on any atom is 0.363 e. The molecule has 0 amide bonds. The quantitative estimate of drug-likeness (QED) is 0.266. The number of benzene rings is 3. The Morgan fingerprint density at radius 3 is 2.48 bits per heavy atom. The number of carbonyl (C=O) groups is 1. The zero-order chi connectivity index (χ0) is 20.2. The Labute approximate surface area is 183 Å². The number of carbonyl (C=O) groups excluding carboxylic acids is 1. The van der Waals surface area contributed by atoms with Crippen LogP contribution in [0.4, 0.5) is 0 Å². The van der Waals surface area contributed by atoms with Gasteiger partial charge in [0.05, 0.1) is 0 Å². The van der Waals surface area contributed by atoms with E-state index in [1.54, 1.807) is 6.08 Å². The van der Waals surface area contributed by atoms with Crippen LogP contribution < -0.4 is 4.74 Å². The van der Waals surface area contributed by atoms with Crippen LogP contribution in [-0.4, -0.2) is 11.9 Å². The molecular formula is C24H18INO3. The molecule has 0 aromatic heterocycles. The van der Waals surface area contributed by atoms with Crippen LogP contribution in [0.3, 0.4) is 0 Å². The molecule has 1 aliphatic heterocycles. The molecule has 5 heteroatoms. The topological polar surface area (TPSA) is 47.9 Å². The van der Waals surface area contributed by atoms with E-state index in [1.165, 1.54) is 3.57 Å². The minimum atomic E-state index is -0.442. The highest BCUT2D eigenvalue weighted by molar-refractivity contribution is 14.1. The second kappa shape index (κ2) is 8.61.